The summed E-state index contributed by atoms with van der Waals surface area (Å²) < 4.78 is 31.3. The Labute approximate surface area is 89.9 Å². The van der Waals surface area contributed by atoms with Crippen molar-refractivity contribution in [2.24, 2.45) is 0 Å². The van der Waals surface area contributed by atoms with Crippen molar-refractivity contribution in [3.63, 3.8) is 0 Å². The molecule has 6 heteroatoms. The molecule has 1 saturated carbocycles. The Hall–Kier alpha value is -1.72. The molecule has 0 radical (unpaired) electrons. The van der Waals surface area contributed by atoms with Gasteiger partial charge in [0, 0.05) is 18.2 Å². The van der Waals surface area contributed by atoms with Crippen molar-refractivity contribution >= 4 is 5.97 Å². The predicted molar refractivity (Wildman–Crippen MR) is 49.7 cm³/mol. The van der Waals surface area contributed by atoms with Crippen molar-refractivity contribution in [1.29, 1.82) is 0 Å². The molecule has 2 rings (SSSR count). The molecule has 1 atom stereocenters. The van der Waals surface area contributed by atoms with E-state index in [1.54, 1.807) is 0 Å². The van der Waals surface area contributed by atoms with Crippen molar-refractivity contribution < 1.29 is 23.4 Å². The van der Waals surface area contributed by atoms with E-state index < -0.39 is 23.7 Å². The van der Waals surface area contributed by atoms with Crippen molar-refractivity contribution in [2.75, 3.05) is 7.11 Å². The predicted octanol–water partition coefficient (Wildman–Crippen LogP) is 1.45. The number of hydrogen-bond acceptors (Lipinski definition) is 3. The Kier molecular flexibility index (Phi) is 2.11. The van der Waals surface area contributed by atoms with Gasteiger partial charge in [-0.1, -0.05) is 6.07 Å². The third kappa shape index (κ3) is 1.19. The van der Waals surface area contributed by atoms with Gasteiger partial charge < -0.3 is 9.84 Å². The van der Waals surface area contributed by atoms with Crippen LogP contribution >= 0.6 is 0 Å². The second kappa shape index (κ2) is 3.13. The molecule has 1 aromatic heterocycles. The Balaban J connectivity index is 2.55. The van der Waals surface area contributed by atoms with Crippen LogP contribution < -0.4 is 4.74 Å². The fraction of sp³-hybridized carbons (Fsp3) is 0.400. The number of ether oxygens (including phenoxy) is 1. The number of halogens is 2. The molecule has 0 aromatic carbocycles. The lowest BCUT2D eigenvalue weighted by Gasteiger charge is -2.14. The standard InChI is InChI=1S/C10H9F2NO3/c1-16-7-6(3-2-4-13-7)9(8(14)15)5-10(9,11)12/h2-4H,5H2,1H3,(H,14,15). The highest BCUT2D eigenvalue weighted by atomic mass is 19.3. The van der Waals surface area contributed by atoms with E-state index in [9.17, 15) is 13.6 Å². The maximum atomic E-state index is 13.2. The van der Waals surface area contributed by atoms with E-state index in [1.807, 2.05) is 0 Å². The first kappa shape index (κ1) is 10.8. The van der Waals surface area contributed by atoms with Crippen LogP contribution in [0.15, 0.2) is 18.3 Å². The van der Waals surface area contributed by atoms with Crippen LogP contribution in [0.5, 0.6) is 5.88 Å². The SMILES string of the molecule is COc1ncccc1C1(C(=O)O)CC1(F)F. The summed E-state index contributed by atoms with van der Waals surface area (Å²) in [6.45, 7) is 0. The van der Waals surface area contributed by atoms with E-state index in [4.69, 9.17) is 9.84 Å². The van der Waals surface area contributed by atoms with Crippen molar-refractivity contribution in [1.82, 2.24) is 4.98 Å². The third-order valence-electron chi connectivity index (χ3n) is 2.78. The van der Waals surface area contributed by atoms with Crippen LogP contribution in [0.2, 0.25) is 0 Å². The van der Waals surface area contributed by atoms with Crippen LogP contribution in [0.4, 0.5) is 8.78 Å². The number of carbonyl (C=O) groups is 1. The van der Waals surface area contributed by atoms with E-state index in [-0.39, 0.29) is 11.4 Å². The van der Waals surface area contributed by atoms with Gasteiger partial charge in [-0.15, -0.1) is 0 Å². The highest BCUT2D eigenvalue weighted by Crippen LogP contribution is 2.63. The maximum Gasteiger partial charge on any atom is 0.320 e. The van der Waals surface area contributed by atoms with Crippen molar-refractivity contribution in [3.8, 4) is 5.88 Å². The van der Waals surface area contributed by atoms with E-state index in [2.05, 4.69) is 4.98 Å². The minimum Gasteiger partial charge on any atom is -0.481 e. The van der Waals surface area contributed by atoms with Gasteiger partial charge in [0.25, 0.3) is 5.92 Å². The Morgan fingerprint density at radius 2 is 2.25 bits per heavy atom. The highest BCUT2D eigenvalue weighted by Gasteiger charge is 2.78. The molecule has 1 heterocycles. The maximum absolute atomic E-state index is 13.2. The van der Waals surface area contributed by atoms with Gasteiger partial charge in [0.15, 0.2) is 5.41 Å². The number of alkyl halides is 2. The molecule has 1 fully saturated rings. The number of hydrogen-bond donors (Lipinski definition) is 1. The molecule has 1 aromatic rings. The quantitative estimate of drug-likeness (QED) is 0.852. The fourth-order valence-electron chi connectivity index (χ4n) is 1.81. The number of rotatable bonds is 3. The van der Waals surface area contributed by atoms with Gasteiger partial charge in [0.1, 0.15) is 0 Å². The van der Waals surface area contributed by atoms with Gasteiger partial charge in [0.05, 0.1) is 7.11 Å². The Morgan fingerprint density at radius 1 is 1.62 bits per heavy atom. The smallest absolute Gasteiger partial charge is 0.320 e. The average molecular weight is 229 g/mol. The first-order valence-electron chi connectivity index (χ1n) is 4.56. The molecule has 1 N–H and O–H groups in total. The fourth-order valence-corrected chi connectivity index (χ4v) is 1.81. The van der Waals surface area contributed by atoms with Crippen molar-refractivity contribution in [2.45, 2.75) is 17.8 Å². The van der Waals surface area contributed by atoms with Crippen LogP contribution in [0.3, 0.4) is 0 Å². The summed E-state index contributed by atoms with van der Waals surface area (Å²) in [6, 6.07) is 2.72. The lowest BCUT2D eigenvalue weighted by Crippen LogP contribution is -2.27. The molecule has 16 heavy (non-hydrogen) atoms. The molecule has 0 spiro atoms. The second-order valence-corrected chi connectivity index (χ2v) is 3.65. The normalized spacial score (nSPS) is 26.2. The minimum atomic E-state index is -3.24. The molecule has 86 valence electrons. The van der Waals surface area contributed by atoms with Crippen LogP contribution in [-0.2, 0) is 10.2 Å². The number of aliphatic carboxylic acids is 1. The van der Waals surface area contributed by atoms with Gasteiger partial charge in [-0.2, -0.15) is 0 Å². The molecule has 1 aliphatic carbocycles. The number of nitrogens with zero attached hydrogens (tertiary/aromatic N) is 1. The van der Waals surface area contributed by atoms with E-state index in [0.717, 1.165) is 0 Å². The lowest BCUT2D eigenvalue weighted by molar-refractivity contribution is -0.143. The molecule has 0 amide bonds. The third-order valence-corrected chi connectivity index (χ3v) is 2.78. The van der Waals surface area contributed by atoms with Gasteiger partial charge in [-0.3, -0.25) is 4.79 Å². The second-order valence-electron chi connectivity index (χ2n) is 3.65. The average Bonchev–Trinajstić information content (AvgIpc) is 2.83. The zero-order valence-electron chi connectivity index (χ0n) is 8.41. The van der Waals surface area contributed by atoms with Crippen LogP contribution in [0.1, 0.15) is 12.0 Å². The molecule has 1 aliphatic rings. The molecule has 1 unspecified atom stereocenters. The molecule has 0 bridgehead atoms. The molecular formula is C10H9F2NO3. The summed E-state index contributed by atoms with van der Waals surface area (Å²) in [5.41, 5.74) is -2.25. The number of methoxy groups -OCH3 is 1. The number of carboxylic acids is 1. The summed E-state index contributed by atoms with van der Waals surface area (Å²) in [5, 5.41) is 8.95. The van der Waals surface area contributed by atoms with E-state index in [1.165, 1.54) is 25.4 Å². The molecule has 4 nitrogen and oxygen atoms in total. The number of pyridine rings is 1. The largest absolute Gasteiger partial charge is 0.481 e. The first-order valence-corrected chi connectivity index (χ1v) is 4.56. The summed E-state index contributed by atoms with van der Waals surface area (Å²) in [6.07, 6.45) is 0.649. The summed E-state index contributed by atoms with van der Waals surface area (Å²) in [4.78, 5) is 14.7. The number of carboxylic acid groups (broad SMARTS) is 1. The first-order chi connectivity index (χ1) is 7.45. The zero-order valence-corrected chi connectivity index (χ0v) is 8.41. The monoisotopic (exact) mass is 229 g/mol. The Morgan fingerprint density at radius 3 is 2.69 bits per heavy atom. The number of aromatic nitrogens is 1. The summed E-state index contributed by atoms with van der Waals surface area (Å²) >= 11 is 0. The van der Waals surface area contributed by atoms with E-state index >= 15 is 0 Å². The topological polar surface area (TPSA) is 59.4 Å². The van der Waals surface area contributed by atoms with Crippen LogP contribution in [0, 0.1) is 0 Å². The minimum absolute atomic E-state index is 0.0675. The Bertz CT molecular complexity index is 449. The molecular weight excluding hydrogens is 220 g/mol. The summed E-state index contributed by atoms with van der Waals surface area (Å²) in [7, 11) is 1.27. The highest BCUT2D eigenvalue weighted by molar-refractivity contribution is 5.88. The van der Waals surface area contributed by atoms with Crippen molar-refractivity contribution in [3.05, 3.63) is 23.9 Å². The van der Waals surface area contributed by atoms with Gasteiger partial charge in [-0.05, 0) is 6.07 Å². The lowest BCUT2D eigenvalue weighted by atomic mass is 9.96. The summed E-state index contributed by atoms with van der Waals surface area (Å²) in [5.74, 6) is -4.86. The van der Waals surface area contributed by atoms with Gasteiger partial charge >= 0.3 is 5.97 Å². The van der Waals surface area contributed by atoms with Gasteiger partial charge in [0.2, 0.25) is 5.88 Å². The van der Waals surface area contributed by atoms with Crippen LogP contribution in [0.25, 0.3) is 0 Å². The molecule has 0 saturated heterocycles. The van der Waals surface area contributed by atoms with Gasteiger partial charge in [-0.25, -0.2) is 13.8 Å². The van der Waals surface area contributed by atoms with E-state index in [0.29, 0.717) is 0 Å². The van der Waals surface area contributed by atoms with Crippen LogP contribution in [-0.4, -0.2) is 29.1 Å². The zero-order chi connectivity index (χ0) is 12.0. The molecule has 0 aliphatic heterocycles.